The van der Waals surface area contributed by atoms with E-state index in [-0.39, 0.29) is 18.2 Å². The summed E-state index contributed by atoms with van der Waals surface area (Å²) in [5, 5.41) is 3.51. The number of hydrogen-bond donors (Lipinski definition) is 1. The SMILES string of the molecule is Cc1ccc(NC(=O)C2CC(=O)N(C)C(=Nc3ccc(Cl)cc3)S2)c(C)c1. The van der Waals surface area contributed by atoms with Crippen LogP contribution in [0.15, 0.2) is 47.5 Å². The van der Waals surface area contributed by atoms with Crippen molar-refractivity contribution in [2.45, 2.75) is 25.5 Å². The Morgan fingerprint density at radius 3 is 2.59 bits per heavy atom. The third kappa shape index (κ3) is 4.70. The largest absolute Gasteiger partial charge is 0.325 e. The molecule has 2 amide bonds. The Hall–Kier alpha value is -2.31. The second-order valence-corrected chi connectivity index (χ2v) is 8.05. The van der Waals surface area contributed by atoms with Gasteiger partial charge in [0, 0.05) is 24.2 Å². The summed E-state index contributed by atoms with van der Waals surface area (Å²) >= 11 is 7.19. The number of amides is 2. The van der Waals surface area contributed by atoms with E-state index >= 15 is 0 Å². The second-order valence-electron chi connectivity index (χ2n) is 6.44. The topological polar surface area (TPSA) is 61.8 Å². The third-order valence-electron chi connectivity index (χ3n) is 4.25. The Labute approximate surface area is 167 Å². The van der Waals surface area contributed by atoms with Gasteiger partial charge in [0.2, 0.25) is 11.8 Å². The molecule has 1 aliphatic rings. The molecule has 0 saturated carbocycles. The monoisotopic (exact) mass is 401 g/mol. The first kappa shape index (κ1) is 19.5. The van der Waals surface area contributed by atoms with Crippen LogP contribution in [0.2, 0.25) is 5.02 Å². The molecule has 1 aliphatic heterocycles. The van der Waals surface area contributed by atoms with E-state index < -0.39 is 5.25 Å². The van der Waals surface area contributed by atoms with Gasteiger partial charge in [0.15, 0.2) is 5.17 Å². The highest BCUT2D eigenvalue weighted by Crippen LogP contribution is 2.29. The highest BCUT2D eigenvalue weighted by molar-refractivity contribution is 8.15. The van der Waals surface area contributed by atoms with E-state index in [9.17, 15) is 9.59 Å². The van der Waals surface area contributed by atoms with Crippen molar-refractivity contribution in [3.05, 3.63) is 58.6 Å². The molecule has 1 N–H and O–H groups in total. The minimum atomic E-state index is -0.527. The van der Waals surface area contributed by atoms with E-state index in [2.05, 4.69) is 10.3 Å². The summed E-state index contributed by atoms with van der Waals surface area (Å²) in [5.41, 5.74) is 3.56. The molecule has 1 unspecified atom stereocenters. The zero-order valence-electron chi connectivity index (χ0n) is 15.3. The first-order chi connectivity index (χ1) is 12.8. The normalized spacial score (nSPS) is 18.7. The fourth-order valence-electron chi connectivity index (χ4n) is 2.69. The Morgan fingerprint density at radius 1 is 1.22 bits per heavy atom. The van der Waals surface area contributed by atoms with Crippen LogP contribution in [0.5, 0.6) is 0 Å². The summed E-state index contributed by atoms with van der Waals surface area (Å²) in [6.07, 6.45) is 0.136. The van der Waals surface area contributed by atoms with Crippen LogP contribution in [0.1, 0.15) is 17.5 Å². The molecule has 2 aromatic carbocycles. The van der Waals surface area contributed by atoms with Gasteiger partial charge in [-0.2, -0.15) is 0 Å². The van der Waals surface area contributed by atoms with Crippen LogP contribution in [0, 0.1) is 13.8 Å². The van der Waals surface area contributed by atoms with E-state index in [1.165, 1.54) is 16.7 Å². The number of amidine groups is 1. The molecule has 1 heterocycles. The number of hydrogen-bond acceptors (Lipinski definition) is 4. The van der Waals surface area contributed by atoms with Crippen molar-refractivity contribution in [1.82, 2.24) is 4.90 Å². The fourth-order valence-corrected chi connectivity index (χ4v) is 3.88. The Balaban J connectivity index is 1.78. The summed E-state index contributed by atoms with van der Waals surface area (Å²) < 4.78 is 0. The van der Waals surface area contributed by atoms with Crippen LogP contribution >= 0.6 is 23.4 Å². The molecule has 2 aromatic rings. The maximum absolute atomic E-state index is 12.7. The number of carbonyl (C=O) groups excluding carboxylic acids is 2. The quantitative estimate of drug-likeness (QED) is 0.820. The van der Waals surface area contributed by atoms with Crippen molar-refractivity contribution in [2.24, 2.45) is 4.99 Å². The zero-order chi connectivity index (χ0) is 19.6. The van der Waals surface area contributed by atoms with E-state index in [1.54, 1.807) is 31.3 Å². The summed E-state index contributed by atoms with van der Waals surface area (Å²) in [6, 6.07) is 12.9. The lowest BCUT2D eigenvalue weighted by atomic mass is 10.1. The summed E-state index contributed by atoms with van der Waals surface area (Å²) in [7, 11) is 1.67. The third-order valence-corrected chi connectivity index (χ3v) is 5.75. The summed E-state index contributed by atoms with van der Waals surface area (Å²) in [4.78, 5) is 31.1. The number of nitrogens with zero attached hydrogens (tertiary/aromatic N) is 2. The number of anilines is 1. The van der Waals surface area contributed by atoms with E-state index in [0.717, 1.165) is 16.8 Å². The average molecular weight is 402 g/mol. The van der Waals surface area contributed by atoms with E-state index in [0.29, 0.717) is 15.9 Å². The highest BCUT2D eigenvalue weighted by Gasteiger charge is 2.34. The number of carbonyl (C=O) groups is 2. The molecule has 1 atom stereocenters. The molecule has 7 heteroatoms. The Kier molecular flexibility index (Phi) is 5.87. The van der Waals surface area contributed by atoms with Crippen LogP contribution in [0.3, 0.4) is 0 Å². The van der Waals surface area contributed by atoms with Gasteiger partial charge in [-0.15, -0.1) is 0 Å². The van der Waals surface area contributed by atoms with Crippen LogP contribution in [0.25, 0.3) is 0 Å². The molecule has 140 valence electrons. The van der Waals surface area contributed by atoms with Crippen molar-refractivity contribution < 1.29 is 9.59 Å². The second kappa shape index (κ2) is 8.15. The van der Waals surface area contributed by atoms with Gasteiger partial charge < -0.3 is 5.32 Å². The number of benzene rings is 2. The van der Waals surface area contributed by atoms with Gasteiger partial charge in [0.25, 0.3) is 0 Å². The van der Waals surface area contributed by atoms with Crippen molar-refractivity contribution in [3.63, 3.8) is 0 Å². The smallest absolute Gasteiger partial charge is 0.238 e. The molecule has 5 nitrogen and oxygen atoms in total. The predicted octanol–water partition coefficient (Wildman–Crippen LogP) is 4.55. The maximum Gasteiger partial charge on any atom is 0.238 e. The molecule has 0 aliphatic carbocycles. The van der Waals surface area contributed by atoms with E-state index in [1.807, 2.05) is 32.0 Å². The molecule has 0 radical (unpaired) electrons. The molecule has 1 fully saturated rings. The van der Waals surface area contributed by atoms with Crippen LogP contribution in [-0.4, -0.2) is 34.2 Å². The van der Waals surface area contributed by atoms with Crippen molar-refractivity contribution in [3.8, 4) is 0 Å². The lowest BCUT2D eigenvalue weighted by Crippen LogP contribution is -2.43. The maximum atomic E-state index is 12.7. The van der Waals surface area contributed by atoms with Gasteiger partial charge in [0.1, 0.15) is 5.25 Å². The fraction of sp³-hybridized carbons (Fsp3) is 0.250. The number of thioether (sulfide) groups is 1. The standard InChI is InChI=1S/C20H20ClN3O2S/c1-12-4-9-16(13(2)10-12)23-19(26)17-11-18(25)24(3)20(27-17)22-15-7-5-14(21)6-8-15/h4-10,17H,11H2,1-3H3,(H,23,26). The number of aliphatic imine (C=N–C) groups is 1. The van der Waals surface area contributed by atoms with Crippen molar-refractivity contribution in [1.29, 1.82) is 0 Å². The van der Waals surface area contributed by atoms with Crippen molar-refractivity contribution >= 4 is 51.7 Å². The van der Waals surface area contributed by atoms with Crippen LogP contribution in [0.4, 0.5) is 11.4 Å². The molecule has 0 bridgehead atoms. The van der Waals surface area contributed by atoms with Gasteiger partial charge >= 0.3 is 0 Å². The lowest BCUT2D eigenvalue weighted by molar-refractivity contribution is -0.128. The zero-order valence-corrected chi connectivity index (χ0v) is 16.9. The van der Waals surface area contributed by atoms with Gasteiger partial charge in [0.05, 0.1) is 5.69 Å². The molecule has 0 spiro atoms. The number of halogens is 1. The lowest BCUT2D eigenvalue weighted by Gasteiger charge is -2.29. The van der Waals surface area contributed by atoms with Gasteiger partial charge in [-0.1, -0.05) is 41.1 Å². The molecule has 27 heavy (non-hydrogen) atoms. The predicted molar refractivity (Wildman–Crippen MR) is 112 cm³/mol. The summed E-state index contributed by atoms with van der Waals surface area (Å²) in [5.74, 6) is -0.334. The van der Waals surface area contributed by atoms with Crippen LogP contribution < -0.4 is 5.32 Å². The van der Waals surface area contributed by atoms with Gasteiger partial charge in [-0.3, -0.25) is 14.5 Å². The minimum absolute atomic E-state index is 0.136. The molecular formula is C20H20ClN3O2S. The number of rotatable bonds is 3. The summed E-state index contributed by atoms with van der Waals surface area (Å²) in [6.45, 7) is 3.95. The molecular weight excluding hydrogens is 382 g/mol. The van der Waals surface area contributed by atoms with E-state index in [4.69, 9.17) is 11.6 Å². The van der Waals surface area contributed by atoms with Gasteiger partial charge in [-0.05, 0) is 49.7 Å². The van der Waals surface area contributed by atoms with Gasteiger partial charge in [-0.25, -0.2) is 4.99 Å². The number of aryl methyl sites for hydroxylation is 2. The molecule has 1 saturated heterocycles. The van der Waals surface area contributed by atoms with Crippen LogP contribution in [-0.2, 0) is 9.59 Å². The Bertz CT molecular complexity index is 912. The van der Waals surface area contributed by atoms with Crippen molar-refractivity contribution in [2.75, 3.05) is 12.4 Å². The minimum Gasteiger partial charge on any atom is -0.325 e. The molecule has 3 rings (SSSR count). The highest BCUT2D eigenvalue weighted by atomic mass is 35.5. The average Bonchev–Trinajstić information content (AvgIpc) is 2.63. The first-order valence-electron chi connectivity index (χ1n) is 8.49. The molecule has 0 aromatic heterocycles. The Morgan fingerprint density at radius 2 is 1.93 bits per heavy atom. The number of nitrogens with one attached hydrogen (secondary N) is 1. The first-order valence-corrected chi connectivity index (χ1v) is 9.75.